The van der Waals surface area contributed by atoms with Gasteiger partial charge in [-0.1, -0.05) is 5.16 Å². The highest BCUT2D eigenvalue weighted by molar-refractivity contribution is 5.48. The van der Waals surface area contributed by atoms with E-state index in [1.807, 2.05) is 0 Å². The molecule has 1 aliphatic heterocycles. The van der Waals surface area contributed by atoms with E-state index in [0.29, 0.717) is 44.4 Å². The second-order valence-electron chi connectivity index (χ2n) is 5.67. The van der Waals surface area contributed by atoms with E-state index in [0.717, 1.165) is 6.07 Å². The Hall–Kier alpha value is -2.20. The minimum atomic E-state index is -4.41. The zero-order chi connectivity index (χ0) is 17.9. The van der Waals surface area contributed by atoms with Crippen LogP contribution in [0.2, 0.25) is 0 Å². The lowest BCUT2D eigenvalue weighted by Crippen LogP contribution is -2.46. The Labute approximate surface area is 142 Å². The molecule has 0 radical (unpaired) electrons. The molecule has 136 valence electrons. The zero-order valence-corrected chi connectivity index (χ0v) is 13.7. The van der Waals surface area contributed by atoms with Crippen LogP contribution in [0.25, 0.3) is 0 Å². The molecular formula is C15H18F3N5O2. The summed E-state index contributed by atoms with van der Waals surface area (Å²) < 4.78 is 49.4. The Morgan fingerprint density at radius 1 is 1.24 bits per heavy atom. The van der Waals surface area contributed by atoms with E-state index in [2.05, 4.69) is 20.0 Å². The van der Waals surface area contributed by atoms with Crippen molar-refractivity contribution in [3.05, 3.63) is 35.6 Å². The average molecular weight is 357 g/mol. The normalized spacial score (nSPS) is 16.4. The fourth-order valence-electron chi connectivity index (χ4n) is 2.72. The zero-order valence-electron chi connectivity index (χ0n) is 13.7. The highest BCUT2D eigenvalue weighted by Gasteiger charge is 2.36. The molecule has 2 aromatic rings. The number of pyridine rings is 1. The molecule has 0 bridgehead atoms. The molecule has 0 aromatic carbocycles. The first kappa shape index (κ1) is 17.6. The smallest absolute Gasteiger partial charge is 0.377 e. The molecular weight excluding hydrogens is 339 g/mol. The third kappa shape index (κ3) is 4.26. The van der Waals surface area contributed by atoms with Crippen LogP contribution in [0.15, 0.2) is 22.9 Å². The molecule has 25 heavy (non-hydrogen) atoms. The molecule has 0 amide bonds. The molecule has 0 aliphatic carbocycles. The highest BCUT2D eigenvalue weighted by Crippen LogP contribution is 2.35. The second kappa shape index (κ2) is 7.36. The fraction of sp³-hybridized carbons (Fsp3) is 0.533. The number of ether oxygens (including phenoxy) is 1. The van der Waals surface area contributed by atoms with Gasteiger partial charge in [-0.25, -0.2) is 4.98 Å². The maximum Gasteiger partial charge on any atom is 0.419 e. The summed E-state index contributed by atoms with van der Waals surface area (Å²) in [6.07, 6.45) is -3.03. The summed E-state index contributed by atoms with van der Waals surface area (Å²) in [7, 11) is 1.54. The first-order chi connectivity index (χ1) is 12.0. The van der Waals surface area contributed by atoms with Crippen LogP contribution in [0.3, 0.4) is 0 Å². The summed E-state index contributed by atoms with van der Waals surface area (Å²) in [6, 6.07) is 2.36. The standard InChI is InChI=1S/C15H18F3N5O2/c1-24-10-12-20-13(25-21-12)9-22-5-7-23(8-6-22)14-11(15(16,17)18)3-2-4-19-14/h2-4H,5-10H2,1H3. The highest BCUT2D eigenvalue weighted by atomic mass is 19.4. The predicted octanol–water partition coefficient (Wildman–Crippen LogP) is 1.95. The average Bonchev–Trinajstić information content (AvgIpc) is 3.02. The van der Waals surface area contributed by atoms with Crippen LogP contribution in [0.1, 0.15) is 17.3 Å². The number of hydrogen-bond acceptors (Lipinski definition) is 7. The van der Waals surface area contributed by atoms with Gasteiger partial charge in [0.2, 0.25) is 5.89 Å². The van der Waals surface area contributed by atoms with Gasteiger partial charge < -0.3 is 14.2 Å². The third-order valence-corrected chi connectivity index (χ3v) is 3.91. The number of hydrogen-bond donors (Lipinski definition) is 0. The van der Waals surface area contributed by atoms with Gasteiger partial charge in [0.1, 0.15) is 12.4 Å². The van der Waals surface area contributed by atoms with Gasteiger partial charge >= 0.3 is 6.18 Å². The molecule has 10 heteroatoms. The van der Waals surface area contributed by atoms with Gasteiger partial charge in [-0.2, -0.15) is 18.2 Å². The van der Waals surface area contributed by atoms with Gasteiger partial charge in [-0.3, -0.25) is 4.90 Å². The van der Waals surface area contributed by atoms with E-state index in [4.69, 9.17) is 9.26 Å². The van der Waals surface area contributed by atoms with E-state index >= 15 is 0 Å². The quantitative estimate of drug-likeness (QED) is 0.810. The summed E-state index contributed by atoms with van der Waals surface area (Å²) in [4.78, 5) is 11.8. The van der Waals surface area contributed by atoms with Gasteiger partial charge in [-0.15, -0.1) is 0 Å². The fourth-order valence-corrected chi connectivity index (χ4v) is 2.72. The van der Waals surface area contributed by atoms with E-state index < -0.39 is 11.7 Å². The Morgan fingerprint density at radius 3 is 2.68 bits per heavy atom. The first-order valence-corrected chi connectivity index (χ1v) is 7.77. The summed E-state index contributed by atoms with van der Waals surface area (Å²) in [5.41, 5.74) is -0.704. The van der Waals surface area contributed by atoms with Crippen LogP contribution >= 0.6 is 0 Å². The maximum atomic E-state index is 13.1. The molecule has 0 spiro atoms. The molecule has 1 fully saturated rings. The molecule has 3 heterocycles. The minimum Gasteiger partial charge on any atom is -0.377 e. The van der Waals surface area contributed by atoms with E-state index in [1.54, 1.807) is 12.0 Å². The molecule has 1 saturated heterocycles. The largest absolute Gasteiger partial charge is 0.419 e. The van der Waals surface area contributed by atoms with Crippen LogP contribution in [0, 0.1) is 0 Å². The van der Waals surface area contributed by atoms with Crippen LogP contribution < -0.4 is 4.90 Å². The van der Waals surface area contributed by atoms with Crippen LogP contribution in [-0.4, -0.2) is 53.3 Å². The van der Waals surface area contributed by atoms with Crippen molar-refractivity contribution in [2.45, 2.75) is 19.3 Å². The van der Waals surface area contributed by atoms with Crippen LogP contribution in [0.4, 0.5) is 19.0 Å². The van der Waals surface area contributed by atoms with E-state index in [9.17, 15) is 13.2 Å². The number of alkyl halides is 3. The SMILES string of the molecule is COCc1noc(CN2CCN(c3ncccc3C(F)(F)F)CC2)n1. The minimum absolute atomic E-state index is 0.0187. The summed E-state index contributed by atoms with van der Waals surface area (Å²) >= 11 is 0. The number of methoxy groups -OCH3 is 1. The molecule has 7 nitrogen and oxygen atoms in total. The van der Waals surface area contributed by atoms with Gasteiger partial charge in [-0.05, 0) is 12.1 Å². The number of aromatic nitrogens is 3. The van der Waals surface area contributed by atoms with Crippen molar-refractivity contribution in [1.29, 1.82) is 0 Å². The number of nitrogens with zero attached hydrogens (tertiary/aromatic N) is 5. The first-order valence-electron chi connectivity index (χ1n) is 7.77. The Bertz CT molecular complexity index is 698. The van der Waals surface area contributed by atoms with E-state index in [-0.39, 0.29) is 12.4 Å². The van der Waals surface area contributed by atoms with Crippen molar-refractivity contribution in [2.75, 3.05) is 38.2 Å². The lowest BCUT2D eigenvalue weighted by Gasteiger charge is -2.35. The molecule has 0 N–H and O–H groups in total. The topological polar surface area (TPSA) is 67.5 Å². The number of rotatable bonds is 5. The molecule has 3 rings (SSSR count). The Balaban J connectivity index is 1.60. The summed E-state index contributed by atoms with van der Waals surface area (Å²) in [5.74, 6) is 0.920. The molecule has 1 aliphatic rings. The molecule has 0 atom stereocenters. The van der Waals surface area contributed by atoms with Crippen LogP contribution in [-0.2, 0) is 24.1 Å². The monoisotopic (exact) mass is 357 g/mol. The van der Waals surface area contributed by atoms with Crippen molar-refractivity contribution < 1.29 is 22.4 Å². The lowest BCUT2D eigenvalue weighted by atomic mass is 10.2. The second-order valence-corrected chi connectivity index (χ2v) is 5.67. The van der Waals surface area contributed by atoms with Crippen molar-refractivity contribution >= 4 is 5.82 Å². The van der Waals surface area contributed by atoms with Crippen LogP contribution in [0.5, 0.6) is 0 Å². The van der Waals surface area contributed by atoms with E-state index in [1.165, 1.54) is 12.3 Å². The molecule has 0 unspecified atom stereocenters. The maximum absolute atomic E-state index is 13.1. The van der Waals surface area contributed by atoms with Crippen molar-refractivity contribution in [3.8, 4) is 0 Å². The third-order valence-electron chi connectivity index (χ3n) is 3.91. The molecule has 2 aromatic heterocycles. The summed E-state index contributed by atoms with van der Waals surface area (Å²) in [5, 5.41) is 3.79. The number of piperazine rings is 1. The number of anilines is 1. The van der Waals surface area contributed by atoms with Gasteiger partial charge in [0.25, 0.3) is 0 Å². The van der Waals surface area contributed by atoms with Gasteiger partial charge in [0.05, 0.1) is 12.1 Å². The van der Waals surface area contributed by atoms with Gasteiger partial charge in [0, 0.05) is 39.5 Å². The van der Waals surface area contributed by atoms with Gasteiger partial charge in [0.15, 0.2) is 5.82 Å². The van der Waals surface area contributed by atoms with Crippen molar-refractivity contribution in [1.82, 2.24) is 20.0 Å². The molecule has 0 saturated carbocycles. The Morgan fingerprint density at radius 2 is 2.00 bits per heavy atom. The lowest BCUT2D eigenvalue weighted by molar-refractivity contribution is -0.137. The van der Waals surface area contributed by atoms with Crippen molar-refractivity contribution in [2.24, 2.45) is 0 Å². The predicted molar refractivity (Wildman–Crippen MR) is 81.7 cm³/mol. The number of halogens is 3. The summed E-state index contributed by atoms with van der Waals surface area (Å²) in [6.45, 7) is 2.78. The Kier molecular flexibility index (Phi) is 5.19. The van der Waals surface area contributed by atoms with Crippen molar-refractivity contribution in [3.63, 3.8) is 0 Å².